The van der Waals surface area contributed by atoms with Crippen LogP contribution in [-0.2, 0) is 0 Å². The minimum atomic E-state index is -1.08. The van der Waals surface area contributed by atoms with Crippen molar-refractivity contribution in [1.29, 1.82) is 0 Å². The maximum atomic E-state index is 10.3. The predicted molar refractivity (Wildman–Crippen MR) is 39.1 cm³/mol. The first-order chi connectivity index (χ1) is 5.63. The van der Waals surface area contributed by atoms with Gasteiger partial charge in [0.25, 0.3) is 12.1 Å². The molecule has 1 heterocycles. The average molecular weight is 175 g/mol. The molecule has 68 valence electrons. The number of nitro groups is 2. The van der Waals surface area contributed by atoms with Crippen molar-refractivity contribution in [3.8, 4) is 0 Å². The summed E-state index contributed by atoms with van der Waals surface area (Å²) in [5.74, 6) is 0. The summed E-state index contributed by atoms with van der Waals surface area (Å²) in [4.78, 5) is 19.5. The zero-order chi connectivity index (χ0) is 9.14. The van der Waals surface area contributed by atoms with Gasteiger partial charge in [0.15, 0.2) is 0 Å². The standard InChI is InChI=1S/C5H9N3O4/c9-7(10)4-1-2-6-3-5(4)8(11)12/h4-6H,1-3H2. The third kappa shape index (κ3) is 1.67. The van der Waals surface area contributed by atoms with Crippen LogP contribution in [0.15, 0.2) is 0 Å². The minimum absolute atomic E-state index is 0.0959. The van der Waals surface area contributed by atoms with Gasteiger partial charge >= 0.3 is 0 Å². The Balaban J connectivity index is 2.67. The quantitative estimate of drug-likeness (QED) is 0.440. The molecule has 0 saturated carbocycles. The zero-order valence-electron chi connectivity index (χ0n) is 6.30. The molecular weight excluding hydrogens is 166 g/mol. The van der Waals surface area contributed by atoms with Gasteiger partial charge in [-0.2, -0.15) is 0 Å². The fourth-order valence-corrected chi connectivity index (χ4v) is 1.29. The summed E-state index contributed by atoms with van der Waals surface area (Å²) in [5, 5.41) is 23.4. The molecule has 0 aromatic rings. The molecule has 0 radical (unpaired) electrons. The number of rotatable bonds is 2. The molecule has 2 unspecified atom stereocenters. The van der Waals surface area contributed by atoms with E-state index in [1.807, 2.05) is 0 Å². The van der Waals surface area contributed by atoms with Crippen LogP contribution < -0.4 is 5.32 Å². The van der Waals surface area contributed by atoms with Crippen LogP contribution in [-0.4, -0.2) is 35.0 Å². The first-order valence-electron chi connectivity index (χ1n) is 3.60. The number of nitrogens with zero attached hydrogens (tertiary/aromatic N) is 2. The van der Waals surface area contributed by atoms with Gasteiger partial charge in [0.2, 0.25) is 0 Å². The molecule has 1 fully saturated rings. The molecule has 1 N–H and O–H groups in total. The third-order valence-corrected chi connectivity index (χ3v) is 1.96. The Hall–Kier alpha value is -1.24. The monoisotopic (exact) mass is 175 g/mol. The molecule has 0 aromatic heterocycles. The summed E-state index contributed by atoms with van der Waals surface area (Å²) < 4.78 is 0. The van der Waals surface area contributed by atoms with Gasteiger partial charge < -0.3 is 5.32 Å². The predicted octanol–water partition coefficient (Wildman–Crippen LogP) is -0.730. The lowest BCUT2D eigenvalue weighted by molar-refractivity contribution is -0.618. The molecule has 1 aliphatic rings. The molecule has 0 aromatic carbocycles. The molecule has 0 amide bonds. The maximum Gasteiger partial charge on any atom is 0.291 e. The number of hydrogen-bond acceptors (Lipinski definition) is 5. The fraction of sp³-hybridized carbons (Fsp3) is 1.00. The van der Waals surface area contributed by atoms with Crippen molar-refractivity contribution in [3.05, 3.63) is 20.2 Å². The van der Waals surface area contributed by atoms with E-state index in [0.717, 1.165) is 0 Å². The molecule has 7 nitrogen and oxygen atoms in total. The SMILES string of the molecule is O=[N+]([O-])C1CCNCC1[N+](=O)[O-]. The first-order valence-corrected chi connectivity index (χ1v) is 3.60. The Bertz CT molecular complexity index is 185. The summed E-state index contributed by atoms with van der Waals surface area (Å²) >= 11 is 0. The van der Waals surface area contributed by atoms with Gasteiger partial charge in [-0.1, -0.05) is 0 Å². The first kappa shape index (κ1) is 8.85. The minimum Gasteiger partial charge on any atom is -0.310 e. The Morgan fingerprint density at radius 3 is 2.17 bits per heavy atom. The van der Waals surface area contributed by atoms with E-state index in [9.17, 15) is 20.2 Å². The van der Waals surface area contributed by atoms with Crippen LogP contribution >= 0.6 is 0 Å². The van der Waals surface area contributed by atoms with Crippen LogP contribution in [0.2, 0.25) is 0 Å². The Morgan fingerprint density at radius 1 is 1.17 bits per heavy atom. The Labute approximate surface area is 68.0 Å². The molecule has 7 heteroatoms. The van der Waals surface area contributed by atoms with Gasteiger partial charge in [-0.05, 0) is 0 Å². The maximum absolute atomic E-state index is 10.3. The van der Waals surface area contributed by atoms with Gasteiger partial charge in [0.1, 0.15) is 0 Å². The Morgan fingerprint density at radius 2 is 1.75 bits per heavy atom. The molecular formula is C5H9N3O4. The van der Waals surface area contributed by atoms with Gasteiger partial charge in [0, 0.05) is 22.8 Å². The lowest BCUT2D eigenvalue weighted by Gasteiger charge is -2.19. The lowest BCUT2D eigenvalue weighted by atomic mass is 10.0. The molecule has 0 aliphatic carbocycles. The van der Waals surface area contributed by atoms with Crippen molar-refractivity contribution in [2.24, 2.45) is 0 Å². The Kier molecular flexibility index (Phi) is 2.54. The molecule has 0 bridgehead atoms. The van der Waals surface area contributed by atoms with Crippen LogP contribution in [0.1, 0.15) is 6.42 Å². The van der Waals surface area contributed by atoms with Gasteiger partial charge in [-0.25, -0.2) is 0 Å². The highest BCUT2D eigenvalue weighted by atomic mass is 16.6. The molecule has 12 heavy (non-hydrogen) atoms. The second-order valence-corrected chi connectivity index (χ2v) is 2.70. The number of nitrogens with one attached hydrogen (secondary N) is 1. The van der Waals surface area contributed by atoms with E-state index in [-0.39, 0.29) is 13.0 Å². The molecule has 0 spiro atoms. The normalized spacial score (nSPS) is 29.7. The topological polar surface area (TPSA) is 98.3 Å². The molecule has 1 saturated heterocycles. The van der Waals surface area contributed by atoms with E-state index in [1.54, 1.807) is 0 Å². The average Bonchev–Trinajstić information content (AvgIpc) is 2.04. The van der Waals surface area contributed by atoms with Crippen molar-refractivity contribution in [1.82, 2.24) is 5.32 Å². The van der Waals surface area contributed by atoms with Crippen LogP contribution in [0.3, 0.4) is 0 Å². The second-order valence-electron chi connectivity index (χ2n) is 2.70. The summed E-state index contributed by atoms with van der Waals surface area (Å²) in [6, 6.07) is -2.10. The van der Waals surface area contributed by atoms with Gasteiger partial charge in [-0.3, -0.25) is 20.2 Å². The lowest BCUT2D eigenvalue weighted by Crippen LogP contribution is -2.51. The van der Waals surface area contributed by atoms with E-state index >= 15 is 0 Å². The number of piperidine rings is 1. The van der Waals surface area contributed by atoms with Crippen molar-refractivity contribution in [3.63, 3.8) is 0 Å². The highest BCUT2D eigenvalue weighted by molar-refractivity contribution is 4.77. The van der Waals surface area contributed by atoms with E-state index in [4.69, 9.17) is 0 Å². The molecule has 1 rings (SSSR count). The highest BCUT2D eigenvalue weighted by Gasteiger charge is 2.42. The van der Waals surface area contributed by atoms with Crippen molar-refractivity contribution in [2.75, 3.05) is 13.1 Å². The second kappa shape index (κ2) is 3.44. The van der Waals surface area contributed by atoms with E-state index in [2.05, 4.69) is 5.32 Å². The third-order valence-electron chi connectivity index (χ3n) is 1.96. The van der Waals surface area contributed by atoms with Crippen molar-refractivity contribution >= 4 is 0 Å². The molecule has 1 aliphatic heterocycles. The number of hydrogen-bond donors (Lipinski definition) is 1. The van der Waals surface area contributed by atoms with Crippen LogP contribution in [0, 0.1) is 20.2 Å². The van der Waals surface area contributed by atoms with Crippen molar-refractivity contribution in [2.45, 2.75) is 18.5 Å². The molecule has 2 atom stereocenters. The highest BCUT2D eigenvalue weighted by Crippen LogP contribution is 2.09. The van der Waals surface area contributed by atoms with Gasteiger partial charge in [0.05, 0.1) is 6.54 Å². The summed E-state index contributed by atoms with van der Waals surface area (Å²) in [6.07, 6.45) is 0.235. The summed E-state index contributed by atoms with van der Waals surface area (Å²) in [5.41, 5.74) is 0. The van der Waals surface area contributed by atoms with Crippen LogP contribution in [0.5, 0.6) is 0 Å². The van der Waals surface area contributed by atoms with Crippen LogP contribution in [0.4, 0.5) is 0 Å². The fourth-order valence-electron chi connectivity index (χ4n) is 1.29. The van der Waals surface area contributed by atoms with Gasteiger partial charge in [-0.15, -0.1) is 0 Å². The zero-order valence-corrected chi connectivity index (χ0v) is 6.30. The summed E-state index contributed by atoms with van der Waals surface area (Å²) in [7, 11) is 0. The van der Waals surface area contributed by atoms with E-state index < -0.39 is 21.9 Å². The van der Waals surface area contributed by atoms with Crippen LogP contribution in [0.25, 0.3) is 0 Å². The smallest absolute Gasteiger partial charge is 0.291 e. The van der Waals surface area contributed by atoms with E-state index in [1.165, 1.54) is 0 Å². The van der Waals surface area contributed by atoms with E-state index in [0.29, 0.717) is 6.54 Å². The largest absolute Gasteiger partial charge is 0.310 e. The summed E-state index contributed by atoms with van der Waals surface area (Å²) in [6.45, 7) is 0.578. The van der Waals surface area contributed by atoms with Crippen molar-refractivity contribution < 1.29 is 9.85 Å².